The van der Waals surface area contributed by atoms with Gasteiger partial charge in [0.2, 0.25) is 0 Å². The summed E-state index contributed by atoms with van der Waals surface area (Å²) in [6.07, 6.45) is 0.817. The molecule has 82 valence electrons. The molecule has 6 heteroatoms. The highest BCUT2D eigenvalue weighted by molar-refractivity contribution is 7.77. The maximum Gasteiger partial charge on any atom is 0.424 e. The van der Waals surface area contributed by atoms with Crippen molar-refractivity contribution in [3.05, 3.63) is 0 Å². The molecule has 0 aromatic heterocycles. The zero-order chi connectivity index (χ0) is 10.9. The van der Waals surface area contributed by atoms with Gasteiger partial charge in [-0.25, -0.2) is 13.3 Å². The zero-order valence-electron chi connectivity index (χ0n) is 8.52. The van der Waals surface area contributed by atoms with Gasteiger partial charge in [0.15, 0.2) is 0 Å². The van der Waals surface area contributed by atoms with E-state index in [0.29, 0.717) is 0 Å². The van der Waals surface area contributed by atoms with E-state index in [2.05, 4.69) is 0 Å². The monoisotopic (exact) mass is 221 g/mol. The fraction of sp³-hybridized carbons (Fsp3) is 0.875. The largest absolute Gasteiger partial charge is 0.443 e. The summed E-state index contributed by atoms with van der Waals surface area (Å²) in [6.45, 7) is 5.16. The summed E-state index contributed by atoms with van der Waals surface area (Å²) in [5.41, 5.74) is -0.635. The van der Waals surface area contributed by atoms with Gasteiger partial charge in [0.05, 0.1) is 6.04 Å². The molecule has 0 aliphatic heterocycles. The van der Waals surface area contributed by atoms with Gasteiger partial charge in [-0.15, -0.1) is 0 Å². The van der Waals surface area contributed by atoms with E-state index < -0.39 is 23.0 Å². The second kappa shape index (κ2) is 3.86. The molecule has 1 saturated carbocycles. The van der Waals surface area contributed by atoms with Crippen LogP contribution in [-0.2, 0) is 16.0 Å². The Morgan fingerprint density at radius 3 is 2.29 bits per heavy atom. The molecule has 1 aliphatic carbocycles. The van der Waals surface area contributed by atoms with Crippen LogP contribution in [0.2, 0.25) is 0 Å². The highest BCUT2D eigenvalue weighted by Gasteiger charge is 2.38. The van der Waals surface area contributed by atoms with Gasteiger partial charge in [-0.1, -0.05) is 0 Å². The van der Waals surface area contributed by atoms with Gasteiger partial charge in [-0.3, -0.25) is 4.55 Å². The van der Waals surface area contributed by atoms with Crippen molar-refractivity contribution in [3.63, 3.8) is 0 Å². The number of carbonyl (C=O) groups excluding carboxylic acids is 1. The molecule has 0 heterocycles. The summed E-state index contributed by atoms with van der Waals surface area (Å²) in [7, 11) is 0. The molecule has 0 aromatic rings. The molecular weight excluding hydrogens is 206 g/mol. The van der Waals surface area contributed by atoms with Crippen molar-refractivity contribution in [1.82, 2.24) is 4.31 Å². The maximum atomic E-state index is 11.4. The minimum Gasteiger partial charge on any atom is -0.443 e. The Morgan fingerprint density at radius 1 is 1.50 bits per heavy atom. The second-order valence-electron chi connectivity index (χ2n) is 4.27. The van der Waals surface area contributed by atoms with Crippen LogP contribution in [0.5, 0.6) is 0 Å². The number of hydrogen-bond donors (Lipinski definition) is 1. The van der Waals surface area contributed by atoms with Crippen LogP contribution in [0, 0.1) is 0 Å². The lowest BCUT2D eigenvalue weighted by molar-refractivity contribution is 0.0380. The molecule has 0 saturated heterocycles. The van der Waals surface area contributed by atoms with E-state index in [1.165, 1.54) is 0 Å². The molecule has 0 bridgehead atoms. The first-order valence-corrected chi connectivity index (χ1v) is 5.51. The van der Waals surface area contributed by atoms with Crippen LogP contribution >= 0.6 is 0 Å². The average molecular weight is 221 g/mol. The Hall–Kier alpha value is -0.620. The smallest absolute Gasteiger partial charge is 0.424 e. The Bertz CT molecular complexity index is 257. The van der Waals surface area contributed by atoms with E-state index in [1.54, 1.807) is 20.8 Å². The standard InChI is InChI=1S/C8H15NO4S/c1-8(2,3)13-7(10)9(14(11)12)6-4-5-6/h6H,4-5H2,1-3H3,(H,11,12). The minimum absolute atomic E-state index is 0.129. The number of hydrogen-bond acceptors (Lipinski definition) is 3. The van der Waals surface area contributed by atoms with Crippen LogP contribution in [0.3, 0.4) is 0 Å². The van der Waals surface area contributed by atoms with Crippen molar-refractivity contribution in [3.8, 4) is 0 Å². The predicted molar refractivity (Wildman–Crippen MR) is 51.9 cm³/mol. The van der Waals surface area contributed by atoms with Crippen LogP contribution in [-0.4, -0.2) is 30.8 Å². The predicted octanol–water partition coefficient (Wildman–Crippen LogP) is 1.52. The Labute approximate surface area is 85.8 Å². The minimum atomic E-state index is -2.28. The summed E-state index contributed by atoms with van der Waals surface area (Å²) in [4.78, 5) is 11.4. The molecule has 1 N–H and O–H groups in total. The highest BCUT2D eigenvalue weighted by atomic mass is 32.2. The van der Waals surface area contributed by atoms with Crippen LogP contribution in [0.15, 0.2) is 0 Å². The fourth-order valence-electron chi connectivity index (χ4n) is 0.956. The maximum absolute atomic E-state index is 11.4. The summed E-state index contributed by atoms with van der Waals surface area (Å²) in [5, 5.41) is 0. The van der Waals surface area contributed by atoms with Gasteiger partial charge in [0.1, 0.15) is 5.60 Å². The molecule has 5 nitrogen and oxygen atoms in total. The summed E-state index contributed by atoms with van der Waals surface area (Å²) in [5.74, 6) is 0. The first kappa shape index (κ1) is 11.5. The van der Waals surface area contributed by atoms with Gasteiger partial charge in [-0.05, 0) is 33.6 Å². The van der Waals surface area contributed by atoms with Crippen LogP contribution in [0.4, 0.5) is 4.79 Å². The van der Waals surface area contributed by atoms with E-state index in [0.717, 1.165) is 17.1 Å². The quantitative estimate of drug-likeness (QED) is 0.718. The molecule has 1 aliphatic rings. The molecule has 0 aromatic carbocycles. The first-order chi connectivity index (χ1) is 6.31. The van der Waals surface area contributed by atoms with Gasteiger partial charge >= 0.3 is 6.09 Å². The lowest BCUT2D eigenvalue weighted by Crippen LogP contribution is -2.39. The van der Waals surface area contributed by atoms with E-state index in [-0.39, 0.29) is 6.04 Å². The molecule has 0 spiro atoms. The van der Waals surface area contributed by atoms with Gasteiger partial charge in [-0.2, -0.15) is 0 Å². The van der Waals surface area contributed by atoms with Crippen LogP contribution in [0.25, 0.3) is 0 Å². The van der Waals surface area contributed by atoms with Gasteiger partial charge < -0.3 is 4.74 Å². The van der Waals surface area contributed by atoms with Crippen molar-refractivity contribution < 1.29 is 18.3 Å². The average Bonchev–Trinajstić information content (AvgIpc) is 2.65. The first-order valence-electron chi connectivity index (χ1n) is 4.44. The zero-order valence-corrected chi connectivity index (χ0v) is 9.34. The van der Waals surface area contributed by atoms with Crippen molar-refractivity contribution in [2.75, 3.05) is 0 Å². The summed E-state index contributed by atoms with van der Waals surface area (Å²) in [6, 6.07) is -0.129. The molecular formula is C8H15NO4S. The van der Waals surface area contributed by atoms with Crippen LogP contribution < -0.4 is 0 Å². The van der Waals surface area contributed by atoms with Crippen molar-refractivity contribution in [1.29, 1.82) is 0 Å². The highest BCUT2D eigenvalue weighted by Crippen LogP contribution is 2.29. The summed E-state index contributed by atoms with van der Waals surface area (Å²) >= 11 is -2.28. The van der Waals surface area contributed by atoms with Crippen molar-refractivity contribution in [2.45, 2.75) is 45.3 Å². The lowest BCUT2D eigenvalue weighted by atomic mass is 10.2. The molecule has 1 rings (SSSR count). The third-order valence-electron chi connectivity index (χ3n) is 1.62. The van der Waals surface area contributed by atoms with Crippen molar-refractivity contribution >= 4 is 17.4 Å². The van der Waals surface area contributed by atoms with Gasteiger partial charge in [0, 0.05) is 0 Å². The van der Waals surface area contributed by atoms with E-state index >= 15 is 0 Å². The SMILES string of the molecule is CC(C)(C)OC(=O)N(C1CC1)S(=O)O. The molecule has 1 atom stereocenters. The molecule has 1 fully saturated rings. The molecule has 1 amide bonds. The Morgan fingerprint density at radius 2 is 2.00 bits per heavy atom. The number of carbonyl (C=O) groups is 1. The normalized spacial score (nSPS) is 18.9. The molecule has 14 heavy (non-hydrogen) atoms. The third-order valence-corrected chi connectivity index (χ3v) is 2.40. The number of amides is 1. The van der Waals surface area contributed by atoms with Gasteiger partial charge in [0.25, 0.3) is 11.3 Å². The molecule has 0 radical (unpaired) electrons. The van der Waals surface area contributed by atoms with Crippen molar-refractivity contribution in [2.24, 2.45) is 0 Å². The topological polar surface area (TPSA) is 66.8 Å². The molecule has 1 unspecified atom stereocenters. The van der Waals surface area contributed by atoms with Crippen LogP contribution in [0.1, 0.15) is 33.6 Å². The lowest BCUT2D eigenvalue weighted by Gasteiger charge is -2.24. The summed E-state index contributed by atoms with van der Waals surface area (Å²) < 4.78 is 25.6. The third kappa shape index (κ3) is 3.26. The Balaban J connectivity index is 2.60. The number of rotatable bonds is 2. The van der Waals surface area contributed by atoms with E-state index in [4.69, 9.17) is 9.29 Å². The Kier molecular flexibility index (Phi) is 3.16. The van der Waals surface area contributed by atoms with E-state index in [1.807, 2.05) is 0 Å². The van der Waals surface area contributed by atoms with E-state index in [9.17, 15) is 9.00 Å². The second-order valence-corrected chi connectivity index (χ2v) is 5.12. The number of nitrogens with zero attached hydrogens (tertiary/aromatic N) is 1. The fourth-order valence-corrected chi connectivity index (χ4v) is 1.59. The number of ether oxygens (including phenoxy) is 1.